The molecule has 0 unspecified atom stereocenters. The summed E-state index contributed by atoms with van der Waals surface area (Å²) >= 11 is 0. The molecule has 6 nitrogen and oxygen atoms in total. The molecule has 0 spiro atoms. The summed E-state index contributed by atoms with van der Waals surface area (Å²) in [6, 6.07) is 8.40. The Morgan fingerprint density at radius 2 is 1.76 bits per heavy atom. The molecule has 0 bridgehead atoms. The Labute approximate surface area is 148 Å². The highest BCUT2D eigenvalue weighted by Gasteiger charge is 2.48. The van der Waals surface area contributed by atoms with E-state index < -0.39 is 0 Å². The molecule has 2 fully saturated rings. The Morgan fingerprint density at radius 3 is 2.48 bits per heavy atom. The van der Waals surface area contributed by atoms with E-state index in [9.17, 15) is 9.59 Å². The first-order valence-electron chi connectivity index (χ1n) is 9.02. The number of fused-ring (bicyclic) bond motifs is 3. The standard InChI is InChI=1S/C19H25N3O3/c1-13(23)21-7-9-22(10-8-21)19(24)15-11-20(2)18-14-5-3-4-6-17(14)25-12-16(15)18/h3-6,15-16,18H,7-12H2,1-2H3/t15-,16+,18+/m1/s1. The van der Waals surface area contributed by atoms with Crippen molar-refractivity contribution in [3.05, 3.63) is 29.8 Å². The number of piperazine rings is 1. The van der Waals surface area contributed by atoms with Crippen molar-refractivity contribution in [3.63, 3.8) is 0 Å². The van der Waals surface area contributed by atoms with Gasteiger partial charge in [-0.3, -0.25) is 14.5 Å². The summed E-state index contributed by atoms with van der Waals surface area (Å²) in [6.45, 7) is 5.48. The fourth-order valence-corrected chi connectivity index (χ4v) is 4.56. The van der Waals surface area contributed by atoms with E-state index in [0.717, 1.165) is 12.3 Å². The van der Waals surface area contributed by atoms with Crippen molar-refractivity contribution in [2.45, 2.75) is 13.0 Å². The Balaban J connectivity index is 1.49. The highest BCUT2D eigenvalue weighted by atomic mass is 16.5. The van der Waals surface area contributed by atoms with Gasteiger partial charge >= 0.3 is 0 Å². The molecule has 0 aliphatic carbocycles. The molecule has 25 heavy (non-hydrogen) atoms. The van der Waals surface area contributed by atoms with Crippen LogP contribution in [0.15, 0.2) is 24.3 Å². The molecule has 0 radical (unpaired) electrons. The number of hydrogen-bond donors (Lipinski definition) is 0. The van der Waals surface area contributed by atoms with Crippen molar-refractivity contribution in [1.82, 2.24) is 14.7 Å². The number of amides is 2. The summed E-state index contributed by atoms with van der Waals surface area (Å²) in [5, 5.41) is 0. The van der Waals surface area contributed by atoms with Crippen molar-refractivity contribution in [2.75, 3.05) is 46.4 Å². The molecule has 0 aromatic heterocycles. The third-order valence-electron chi connectivity index (χ3n) is 5.90. The van der Waals surface area contributed by atoms with E-state index in [4.69, 9.17) is 4.74 Å². The maximum Gasteiger partial charge on any atom is 0.227 e. The summed E-state index contributed by atoms with van der Waals surface area (Å²) in [7, 11) is 2.10. The van der Waals surface area contributed by atoms with Crippen LogP contribution < -0.4 is 4.74 Å². The topological polar surface area (TPSA) is 53.1 Å². The third-order valence-corrected chi connectivity index (χ3v) is 5.90. The minimum atomic E-state index is -0.0350. The summed E-state index contributed by atoms with van der Waals surface area (Å²) in [5.41, 5.74) is 1.19. The Bertz CT molecular complexity index is 684. The van der Waals surface area contributed by atoms with Crippen molar-refractivity contribution in [3.8, 4) is 5.75 Å². The zero-order chi connectivity index (χ0) is 17.6. The van der Waals surface area contributed by atoms with Crippen molar-refractivity contribution < 1.29 is 14.3 Å². The van der Waals surface area contributed by atoms with Crippen molar-refractivity contribution >= 4 is 11.8 Å². The van der Waals surface area contributed by atoms with Crippen molar-refractivity contribution in [2.24, 2.45) is 11.8 Å². The molecule has 3 heterocycles. The van der Waals surface area contributed by atoms with E-state index in [2.05, 4.69) is 18.0 Å². The number of benzene rings is 1. The van der Waals surface area contributed by atoms with E-state index in [-0.39, 0.29) is 29.7 Å². The van der Waals surface area contributed by atoms with Crippen LogP contribution in [-0.2, 0) is 9.59 Å². The average Bonchev–Trinajstić information content (AvgIpc) is 2.98. The lowest BCUT2D eigenvalue weighted by Crippen LogP contribution is -2.52. The molecule has 4 rings (SSSR count). The van der Waals surface area contributed by atoms with Gasteiger partial charge in [-0.05, 0) is 13.1 Å². The van der Waals surface area contributed by atoms with Crippen LogP contribution in [0, 0.1) is 11.8 Å². The molecule has 3 aliphatic rings. The molecule has 1 aromatic carbocycles. The van der Waals surface area contributed by atoms with Crippen LogP contribution in [-0.4, -0.2) is 72.9 Å². The zero-order valence-electron chi connectivity index (χ0n) is 14.9. The smallest absolute Gasteiger partial charge is 0.227 e. The lowest BCUT2D eigenvalue weighted by Gasteiger charge is -2.37. The van der Waals surface area contributed by atoms with Gasteiger partial charge in [0.05, 0.1) is 12.5 Å². The van der Waals surface area contributed by atoms with Gasteiger partial charge in [0.25, 0.3) is 0 Å². The second kappa shape index (κ2) is 6.33. The minimum Gasteiger partial charge on any atom is -0.493 e. The zero-order valence-corrected chi connectivity index (χ0v) is 14.9. The van der Waals surface area contributed by atoms with E-state index in [1.807, 2.05) is 28.0 Å². The predicted octanol–water partition coefficient (Wildman–Crippen LogP) is 0.989. The summed E-state index contributed by atoms with van der Waals surface area (Å²) in [4.78, 5) is 30.6. The van der Waals surface area contributed by atoms with Gasteiger partial charge in [0.15, 0.2) is 0 Å². The van der Waals surface area contributed by atoms with Crippen LogP contribution in [0.25, 0.3) is 0 Å². The Hall–Kier alpha value is -2.08. The van der Waals surface area contributed by atoms with E-state index in [0.29, 0.717) is 32.8 Å². The summed E-state index contributed by atoms with van der Waals surface area (Å²) < 4.78 is 5.95. The second-order valence-corrected chi connectivity index (χ2v) is 7.33. The van der Waals surface area contributed by atoms with E-state index in [1.54, 1.807) is 6.92 Å². The maximum absolute atomic E-state index is 13.1. The first-order valence-corrected chi connectivity index (χ1v) is 9.02. The Morgan fingerprint density at radius 1 is 1.08 bits per heavy atom. The molecule has 3 aliphatic heterocycles. The molecular formula is C19H25N3O3. The number of carbonyl (C=O) groups excluding carboxylic acids is 2. The van der Waals surface area contributed by atoms with Gasteiger partial charge in [0, 0.05) is 57.2 Å². The normalized spacial score (nSPS) is 29.0. The average molecular weight is 343 g/mol. The van der Waals surface area contributed by atoms with Crippen LogP contribution in [0.2, 0.25) is 0 Å². The van der Waals surface area contributed by atoms with E-state index in [1.165, 1.54) is 5.56 Å². The molecule has 2 saturated heterocycles. The largest absolute Gasteiger partial charge is 0.493 e. The van der Waals surface area contributed by atoms with Gasteiger partial charge in [0.1, 0.15) is 5.75 Å². The number of likely N-dealkylation sites (tertiary alicyclic amines) is 1. The van der Waals surface area contributed by atoms with Crippen LogP contribution in [0.1, 0.15) is 18.5 Å². The van der Waals surface area contributed by atoms with Gasteiger partial charge in [-0.2, -0.15) is 0 Å². The molecule has 0 saturated carbocycles. The van der Waals surface area contributed by atoms with Gasteiger partial charge in [-0.15, -0.1) is 0 Å². The maximum atomic E-state index is 13.1. The number of nitrogens with zero attached hydrogens (tertiary/aromatic N) is 3. The fraction of sp³-hybridized carbons (Fsp3) is 0.579. The third kappa shape index (κ3) is 2.78. The summed E-state index contributed by atoms with van der Waals surface area (Å²) in [6.07, 6.45) is 0. The second-order valence-electron chi connectivity index (χ2n) is 7.33. The molecule has 134 valence electrons. The molecule has 6 heteroatoms. The van der Waals surface area contributed by atoms with E-state index >= 15 is 0 Å². The van der Waals surface area contributed by atoms with Gasteiger partial charge in [0.2, 0.25) is 11.8 Å². The van der Waals surface area contributed by atoms with Crippen LogP contribution in [0.4, 0.5) is 0 Å². The number of carbonyl (C=O) groups is 2. The van der Waals surface area contributed by atoms with Gasteiger partial charge in [-0.1, -0.05) is 18.2 Å². The van der Waals surface area contributed by atoms with Crippen LogP contribution >= 0.6 is 0 Å². The lowest BCUT2D eigenvalue weighted by atomic mass is 9.84. The highest BCUT2D eigenvalue weighted by molar-refractivity contribution is 5.81. The first-order chi connectivity index (χ1) is 12.1. The summed E-state index contributed by atoms with van der Waals surface area (Å²) in [5.74, 6) is 1.40. The molecule has 2 amide bonds. The molecular weight excluding hydrogens is 318 g/mol. The monoisotopic (exact) mass is 343 g/mol. The van der Waals surface area contributed by atoms with Crippen molar-refractivity contribution in [1.29, 1.82) is 0 Å². The highest BCUT2D eigenvalue weighted by Crippen LogP contribution is 2.46. The number of ether oxygens (including phenoxy) is 1. The predicted molar refractivity (Wildman–Crippen MR) is 93.1 cm³/mol. The van der Waals surface area contributed by atoms with Gasteiger partial charge < -0.3 is 14.5 Å². The number of hydrogen-bond acceptors (Lipinski definition) is 4. The SMILES string of the molecule is CC(=O)N1CCN(C(=O)[C@@H]2CN(C)[C@H]3c4ccccc4OC[C@@H]23)CC1. The number of rotatable bonds is 1. The van der Waals surface area contributed by atoms with Crippen LogP contribution in [0.3, 0.4) is 0 Å². The Kier molecular flexibility index (Phi) is 4.15. The molecule has 0 N–H and O–H groups in total. The minimum absolute atomic E-state index is 0.0350. The lowest BCUT2D eigenvalue weighted by molar-refractivity contribution is -0.142. The number of para-hydroxylation sites is 1. The molecule has 1 aromatic rings. The van der Waals surface area contributed by atoms with Crippen LogP contribution in [0.5, 0.6) is 5.75 Å². The quantitative estimate of drug-likeness (QED) is 0.763. The van der Waals surface area contributed by atoms with Gasteiger partial charge in [-0.25, -0.2) is 0 Å². The first kappa shape index (κ1) is 16.4. The molecule has 3 atom stereocenters. The fourth-order valence-electron chi connectivity index (χ4n) is 4.56.